The van der Waals surface area contributed by atoms with Crippen molar-refractivity contribution in [1.82, 2.24) is 0 Å². The van der Waals surface area contributed by atoms with Crippen LogP contribution in [0.2, 0.25) is 0 Å². The molecule has 0 spiro atoms. The summed E-state index contributed by atoms with van der Waals surface area (Å²) < 4.78 is 37.7. The minimum Gasteiger partial charge on any atom is -0.495 e. The Bertz CT molecular complexity index is 801. The van der Waals surface area contributed by atoms with Gasteiger partial charge in [0.2, 0.25) is 0 Å². The third-order valence-corrected chi connectivity index (χ3v) is 6.16. The average molecular weight is 406 g/mol. The second-order valence-electron chi connectivity index (χ2n) is 4.07. The molecular formula is C13H12BrNO5S2. The summed E-state index contributed by atoms with van der Waals surface area (Å²) in [5.74, 6) is -0.270. The van der Waals surface area contributed by atoms with Crippen molar-refractivity contribution >= 4 is 48.9 Å². The Morgan fingerprint density at radius 3 is 2.50 bits per heavy atom. The molecule has 0 atom stereocenters. The van der Waals surface area contributed by atoms with Crippen LogP contribution in [0.25, 0.3) is 0 Å². The summed E-state index contributed by atoms with van der Waals surface area (Å²) >= 11 is 4.29. The maximum atomic E-state index is 12.3. The van der Waals surface area contributed by atoms with E-state index < -0.39 is 16.0 Å². The molecule has 0 radical (unpaired) electrons. The van der Waals surface area contributed by atoms with Gasteiger partial charge in [-0.05, 0) is 46.3 Å². The first-order valence-electron chi connectivity index (χ1n) is 5.92. The molecule has 0 unspecified atom stereocenters. The number of anilines is 1. The highest BCUT2D eigenvalue weighted by atomic mass is 79.9. The van der Waals surface area contributed by atoms with Crippen LogP contribution < -0.4 is 9.46 Å². The molecule has 1 N–H and O–H groups in total. The SMILES string of the molecule is COC(=O)c1ccc(OC)c(NS(=O)(=O)c2ccc(Br)s2)c1. The van der Waals surface area contributed by atoms with Crippen molar-refractivity contribution in [3.8, 4) is 5.75 Å². The van der Waals surface area contributed by atoms with E-state index in [1.165, 1.54) is 38.5 Å². The number of nitrogens with one attached hydrogen (secondary N) is 1. The number of methoxy groups -OCH3 is 2. The first-order chi connectivity index (χ1) is 10.4. The number of esters is 1. The molecule has 118 valence electrons. The zero-order valence-electron chi connectivity index (χ0n) is 11.6. The van der Waals surface area contributed by atoms with Crippen LogP contribution in [-0.2, 0) is 14.8 Å². The van der Waals surface area contributed by atoms with E-state index in [2.05, 4.69) is 25.4 Å². The molecule has 0 aliphatic carbocycles. The van der Waals surface area contributed by atoms with Crippen LogP contribution in [0.5, 0.6) is 5.75 Å². The van der Waals surface area contributed by atoms with E-state index in [1.807, 2.05) is 0 Å². The quantitative estimate of drug-likeness (QED) is 0.772. The summed E-state index contributed by atoms with van der Waals surface area (Å²) in [6.07, 6.45) is 0. The fourth-order valence-corrected chi connectivity index (χ4v) is 4.74. The maximum absolute atomic E-state index is 12.3. The fraction of sp³-hybridized carbons (Fsp3) is 0.154. The number of rotatable bonds is 5. The third kappa shape index (κ3) is 3.60. The van der Waals surface area contributed by atoms with Crippen LogP contribution in [0.1, 0.15) is 10.4 Å². The summed E-state index contributed by atoms with van der Waals surface area (Å²) in [4.78, 5) is 11.6. The third-order valence-electron chi connectivity index (χ3n) is 2.68. The highest BCUT2D eigenvalue weighted by Gasteiger charge is 2.20. The van der Waals surface area contributed by atoms with E-state index in [0.29, 0.717) is 9.54 Å². The van der Waals surface area contributed by atoms with Crippen molar-refractivity contribution in [3.05, 3.63) is 39.7 Å². The molecule has 9 heteroatoms. The molecule has 2 rings (SSSR count). The number of halogens is 1. The van der Waals surface area contributed by atoms with Crippen molar-refractivity contribution in [2.24, 2.45) is 0 Å². The van der Waals surface area contributed by atoms with E-state index in [1.54, 1.807) is 6.07 Å². The van der Waals surface area contributed by atoms with Crippen LogP contribution in [-0.4, -0.2) is 28.6 Å². The monoisotopic (exact) mass is 405 g/mol. The predicted molar refractivity (Wildman–Crippen MR) is 87.2 cm³/mol. The van der Waals surface area contributed by atoms with Crippen LogP contribution in [0.15, 0.2) is 38.3 Å². The Kier molecular flexibility index (Phi) is 5.09. The lowest BCUT2D eigenvalue weighted by Crippen LogP contribution is -2.13. The Morgan fingerprint density at radius 1 is 1.23 bits per heavy atom. The van der Waals surface area contributed by atoms with Gasteiger partial charge in [-0.25, -0.2) is 13.2 Å². The van der Waals surface area contributed by atoms with Gasteiger partial charge in [-0.15, -0.1) is 11.3 Å². The molecule has 0 aliphatic rings. The Hall–Kier alpha value is -1.58. The Balaban J connectivity index is 2.41. The smallest absolute Gasteiger partial charge is 0.337 e. The van der Waals surface area contributed by atoms with Crippen molar-refractivity contribution in [2.75, 3.05) is 18.9 Å². The minimum absolute atomic E-state index is 0.143. The van der Waals surface area contributed by atoms with Gasteiger partial charge in [0.15, 0.2) is 0 Å². The van der Waals surface area contributed by atoms with Crippen molar-refractivity contribution < 1.29 is 22.7 Å². The standard InChI is InChI=1S/C13H12BrNO5S2/c1-19-10-4-3-8(13(16)20-2)7-9(10)15-22(17,18)12-6-5-11(14)21-12/h3-7,15H,1-2H3. The molecule has 22 heavy (non-hydrogen) atoms. The molecule has 6 nitrogen and oxygen atoms in total. The number of benzene rings is 1. The van der Waals surface area contributed by atoms with Gasteiger partial charge in [-0.2, -0.15) is 0 Å². The highest BCUT2D eigenvalue weighted by molar-refractivity contribution is 9.11. The van der Waals surface area contributed by atoms with E-state index in [9.17, 15) is 13.2 Å². The maximum Gasteiger partial charge on any atom is 0.337 e. The molecule has 0 saturated carbocycles. The number of thiophene rings is 1. The molecule has 1 aromatic carbocycles. The van der Waals surface area contributed by atoms with Gasteiger partial charge in [0.25, 0.3) is 10.0 Å². The van der Waals surface area contributed by atoms with Crippen LogP contribution >= 0.6 is 27.3 Å². The lowest BCUT2D eigenvalue weighted by Gasteiger charge is -2.12. The highest BCUT2D eigenvalue weighted by Crippen LogP contribution is 2.31. The van der Waals surface area contributed by atoms with Gasteiger partial charge >= 0.3 is 5.97 Å². The number of hydrogen-bond acceptors (Lipinski definition) is 6. The fourth-order valence-electron chi connectivity index (χ4n) is 1.67. The number of sulfonamides is 1. The first-order valence-corrected chi connectivity index (χ1v) is 9.01. The van der Waals surface area contributed by atoms with Crippen molar-refractivity contribution in [2.45, 2.75) is 4.21 Å². The van der Waals surface area contributed by atoms with Crippen molar-refractivity contribution in [3.63, 3.8) is 0 Å². The Morgan fingerprint density at radius 2 is 1.95 bits per heavy atom. The van der Waals surface area contributed by atoms with E-state index >= 15 is 0 Å². The molecule has 0 fully saturated rings. The summed E-state index contributed by atoms with van der Waals surface area (Å²) in [6.45, 7) is 0. The summed E-state index contributed by atoms with van der Waals surface area (Å²) in [7, 11) is -1.11. The van der Waals surface area contributed by atoms with Gasteiger partial charge in [0.1, 0.15) is 9.96 Å². The molecule has 1 aromatic heterocycles. The molecule has 2 aromatic rings. The van der Waals surface area contributed by atoms with Gasteiger partial charge in [0.05, 0.1) is 29.3 Å². The van der Waals surface area contributed by atoms with Gasteiger partial charge < -0.3 is 9.47 Å². The molecule has 1 heterocycles. The number of carbonyl (C=O) groups is 1. The first kappa shape index (κ1) is 16.8. The minimum atomic E-state index is -3.77. The van der Waals surface area contributed by atoms with Crippen molar-refractivity contribution in [1.29, 1.82) is 0 Å². The molecule has 0 saturated heterocycles. The summed E-state index contributed by atoms with van der Waals surface area (Å²) in [5.41, 5.74) is 0.378. The summed E-state index contributed by atoms with van der Waals surface area (Å²) in [6, 6.07) is 7.47. The van der Waals surface area contributed by atoms with Crippen LogP contribution in [0.4, 0.5) is 5.69 Å². The topological polar surface area (TPSA) is 81.7 Å². The van der Waals surface area contributed by atoms with Crippen LogP contribution in [0.3, 0.4) is 0 Å². The number of carbonyl (C=O) groups excluding carboxylic acids is 1. The largest absolute Gasteiger partial charge is 0.495 e. The zero-order valence-corrected chi connectivity index (χ0v) is 14.8. The molecule has 0 amide bonds. The van der Waals surface area contributed by atoms with Gasteiger partial charge in [-0.1, -0.05) is 0 Å². The van der Waals surface area contributed by atoms with E-state index in [-0.39, 0.29) is 15.5 Å². The van der Waals surface area contributed by atoms with Gasteiger partial charge in [-0.3, -0.25) is 4.72 Å². The molecule has 0 aliphatic heterocycles. The summed E-state index contributed by atoms with van der Waals surface area (Å²) in [5, 5.41) is 0. The normalized spacial score (nSPS) is 11.0. The average Bonchev–Trinajstić information content (AvgIpc) is 2.93. The molecular weight excluding hydrogens is 394 g/mol. The Labute approximate surface area is 140 Å². The van der Waals surface area contributed by atoms with E-state index in [4.69, 9.17) is 4.74 Å². The number of hydrogen-bond donors (Lipinski definition) is 1. The lowest BCUT2D eigenvalue weighted by molar-refractivity contribution is 0.0600. The van der Waals surface area contributed by atoms with Gasteiger partial charge in [0, 0.05) is 0 Å². The number of ether oxygens (including phenoxy) is 2. The molecule has 0 bridgehead atoms. The zero-order chi connectivity index (χ0) is 16.3. The second-order valence-corrected chi connectivity index (χ2v) is 8.44. The lowest BCUT2D eigenvalue weighted by atomic mass is 10.2. The van der Waals surface area contributed by atoms with Crippen LogP contribution in [0, 0.1) is 0 Å². The second kappa shape index (κ2) is 6.67. The van der Waals surface area contributed by atoms with E-state index in [0.717, 1.165) is 11.3 Å². The predicted octanol–water partition coefficient (Wildman–Crippen LogP) is 3.11.